The molecule has 2 heterocycles. The molecule has 0 bridgehead atoms. The molecule has 0 saturated carbocycles. The van der Waals surface area contributed by atoms with Gasteiger partial charge in [0.15, 0.2) is 18.2 Å². The molecule has 0 spiro atoms. The summed E-state index contributed by atoms with van der Waals surface area (Å²) in [5.74, 6) is -1.65. The number of nitrogens with zero attached hydrogens (tertiary/aromatic N) is 1. The number of aromatic nitrogens is 1. The highest BCUT2D eigenvalue weighted by Crippen LogP contribution is 2.27. The molecule has 2 aromatic heterocycles. The van der Waals surface area contributed by atoms with Gasteiger partial charge < -0.3 is 9.15 Å². The standard InChI is InChI=1S/C19H17F4N3O5S/c1-10-13-4-3-12(30-9-19(21,22)23)8-15(13)31-18(27)14(10)7-11-5-6-25-17(16(11)20)26-32(28,29)24-2/h3-6,8,24H,7,9H2,1-2H3,(H,25,26). The fraction of sp³-hybridized carbons (Fsp3) is 0.263. The second kappa shape index (κ2) is 8.74. The quantitative estimate of drug-likeness (QED) is 0.402. The molecular weight excluding hydrogens is 458 g/mol. The maximum atomic E-state index is 14.8. The van der Waals surface area contributed by atoms with Crippen LogP contribution in [0.4, 0.5) is 23.4 Å². The summed E-state index contributed by atoms with van der Waals surface area (Å²) in [5.41, 5.74) is -0.319. The number of nitrogens with one attached hydrogen (secondary N) is 2. The Bertz CT molecular complexity index is 1320. The first-order chi connectivity index (χ1) is 14.9. The van der Waals surface area contributed by atoms with Crippen molar-refractivity contribution in [3.63, 3.8) is 0 Å². The van der Waals surface area contributed by atoms with Crippen LogP contribution in [0.1, 0.15) is 16.7 Å². The Labute approximate surface area is 179 Å². The minimum absolute atomic E-state index is 0.00796. The third kappa shape index (κ3) is 5.34. The Morgan fingerprint density at radius 1 is 1.22 bits per heavy atom. The lowest BCUT2D eigenvalue weighted by molar-refractivity contribution is -0.153. The second-order valence-corrected chi connectivity index (χ2v) is 8.29. The summed E-state index contributed by atoms with van der Waals surface area (Å²) in [5, 5.41) is 0.421. The van der Waals surface area contributed by atoms with Gasteiger partial charge in [-0.05, 0) is 36.2 Å². The summed E-state index contributed by atoms with van der Waals surface area (Å²) in [6.07, 6.45) is -3.59. The van der Waals surface area contributed by atoms with Gasteiger partial charge in [0.05, 0.1) is 0 Å². The third-order valence-electron chi connectivity index (χ3n) is 4.50. The van der Waals surface area contributed by atoms with Gasteiger partial charge in [-0.2, -0.15) is 21.6 Å². The number of alkyl halides is 3. The highest BCUT2D eigenvalue weighted by Gasteiger charge is 2.28. The zero-order chi connectivity index (χ0) is 23.7. The average molecular weight is 475 g/mol. The Morgan fingerprint density at radius 3 is 2.59 bits per heavy atom. The molecule has 0 radical (unpaired) electrons. The van der Waals surface area contributed by atoms with Gasteiger partial charge in [0.25, 0.3) is 10.2 Å². The van der Waals surface area contributed by atoms with E-state index >= 15 is 0 Å². The predicted molar refractivity (Wildman–Crippen MR) is 107 cm³/mol. The molecule has 0 amide bonds. The van der Waals surface area contributed by atoms with Crippen LogP contribution < -0.4 is 19.8 Å². The van der Waals surface area contributed by atoms with Gasteiger partial charge in [-0.1, -0.05) is 0 Å². The van der Waals surface area contributed by atoms with Crippen molar-refractivity contribution < 1.29 is 35.1 Å². The highest BCUT2D eigenvalue weighted by molar-refractivity contribution is 7.90. The number of benzene rings is 1. The summed E-state index contributed by atoms with van der Waals surface area (Å²) >= 11 is 0. The Kier molecular flexibility index (Phi) is 6.41. The van der Waals surface area contributed by atoms with Crippen LogP contribution in [0.3, 0.4) is 0 Å². The molecule has 0 fully saturated rings. The number of pyridine rings is 1. The maximum absolute atomic E-state index is 14.8. The minimum atomic E-state index is -4.52. The molecule has 0 saturated heterocycles. The van der Waals surface area contributed by atoms with Crippen molar-refractivity contribution in [2.45, 2.75) is 19.5 Å². The molecule has 3 rings (SSSR count). The molecule has 8 nitrogen and oxygen atoms in total. The first kappa shape index (κ1) is 23.5. The second-order valence-electron chi connectivity index (χ2n) is 6.67. The molecule has 0 aliphatic rings. The van der Waals surface area contributed by atoms with Crippen LogP contribution >= 0.6 is 0 Å². The van der Waals surface area contributed by atoms with E-state index in [1.165, 1.54) is 24.4 Å². The van der Waals surface area contributed by atoms with Crippen molar-refractivity contribution in [2.75, 3.05) is 18.4 Å². The van der Waals surface area contributed by atoms with E-state index in [-0.39, 0.29) is 28.9 Å². The number of halogens is 4. The Hall–Kier alpha value is -3.19. The lowest BCUT2D eigenvalue weighted by Gasteiger charge is -2.12. The zero-order valence-corrected chi connectivity index (χ0v) is 17.5. The Morgan fingerprint density at radius 2 is 1.94 bits per heavy atom. The van der Waals surface area contributed by atoms with Crippen molar-refractivity contribution in [3.05, 3.63) is 63.4 Å². The SMILES string of the molecule is CNS(=O)(=O)Nc1nccc(Cc2c(C)c3ccc(OCC(F)(F)F)cc3oc2=O)c1F. The van der Waals surface area contributed by atoms with E-state index in [1.54, 1.807) is 6.92 Å². The van der Waals surface area contributed by atoms with Crippen molar-refractivity contribution >= 4 is 27.0 Å². The van der Waals surface area contributed by atoms with Crippen LogP contribution in [0.25, 0.3) is 11.0 Å². The van der Waals surface area contributed by atoms with E-state index in [1.807, 2.05) is 9.44 Å². The molecular formula is C19H17F4N3O5S. The summed E-state index contributed by atoms with van der Waals surface area (Å²) in [7, 11) is -2.88. The number of hydrogen-bond acceptors (Lipinski definition) is 6. The molecule has 0 unspecified atom stereocenters. The summed E-state index contributed by atoms with van der Waals surface area (Å²) < 4.78 is 88.8. The van der Waals surface area contributed by atoms with Gasteiger partial charge in [0, 0.05) is 36.7 Å². The Balaban J connectivity index is 1.96. The van der Waals surface area contributed by atoms with E-state index < -0.39 is 40.3 Å². The zero-order valence-electron chi connectivity index (χ0n) is 16.7. The average Bonchev–Trinajstić information content (AvgIpc) is 2.71. The molecule has 13 heteroatoms. The van der Waals surface area contributed by atoms with Crippen molar-refractivity contribution in [1.82, 2.24) is 9.71 Å². The molecule has 1 aromatic carbocycles. The maximum Gasteiger partial charge on any atom is 0.422 e. The van der Waals surface area contributed by atoms with Crippen LogP contribution in [-0.2, 0) is 16.6 Å². The van der Waals surface area contributed by atoms with Gasteiger partial charge in [-0.25, -0.2) is 18.9 Å². The molecule has 0 aliphatic heterocycles. The largest absolute Gasteiger partial charge is 0.484 e. The fourth-order valence-electron chi connectivity index (χ4n) is 2.89. The summed E-state index contributed by atoms with van der Waals surface area (Å²) in [4.78, 5) is 16.2. The number of anilines is 1. The smallest absolute Gasteiger partial charge is 0.422 e. The number of fused-ring (bicyclic) bond motifs is 1. The van der Waals surface area contributed by atoms with Crippen LogP contribution in [-0.4, -0.2) is 33.2 Å². The van der Waals surface area contributed by atoms with Crippen molar-refractivity contribution in [2.24, 2.45) is 0 Å². The predicted octanol–water partition coefficient (Wildman–Crippen LogP) is 3.04. The molecule has 2 N–H and O–H groups in total. The molecule has 32 heavy (non-hydrogen) atoms. The van der Waals surface area contributed by atoms with Crippen LogP contribution in [0, 0.1) is 12.7 Å². The first-order valence-corrected chi connectivity index (χ1v) is 10.5. The third-order valence-corrected chi connectivity index (χ3v) is 5.50. The number of ether oxygens (including phenoxy) is 1. The van der Waals surface area contributed by atoms with Gasteiger partial charge >= 0.3 is 11.8 Å². The van der Waals surface area contributed by atoms with E-state index in [9.17, 15) is 30.8 Å². The fourth-order valence-corrected chi connectivity index (χ4v) is 3.39. The van der Waals surface area contributed by atoms with Gasteiger partial charge in [0.1, 0.15) is 11.3 Å². The van der Waals surface area contributed by atoms with Gasteiger partial charge in [-0.3, -0.25) is 4.72 Å². The topological polar surface area (TPSA) is 111 Å². The van der Waals surface area contributed by atoms with Gasteiger partial charge in [0.2, 0.25) is 0 Å². The van der Waals surface area contributed by atoms with Crippen LogP contribution in [0.15, 0.2) is 39.7 Å². The highest BCUT2D eigenvalue weighted by atomic mass is 32.2. The molecule has 0 atom stereocenters. The summed E-state index contributed by atoms with van der Waals surface area (Å²) in [6.45, 7) is 0.0787. The number of rotatable bonds is 7. The van der Waals surface area contributed by atoms with Gasteiger partial charge in [-0.15, -0.1) is 0 Å². The van der Waals surface area contributed by atoms with E-state index in [0.717, 1.165) is 13.1 Å². The van der Waals surface area contributed by atoms with Crippen LogP contribution in [0.2, 0.25) is 0 Å². The molecule has 3 aromatic rings. The lowest BCUT2D eigenvalue weighted by Crippen LogP contribution is -2.27. The van der Waals surface area contributed by atoms with Crippen LogP contribution in [0.5, 0.6) is 5.75 Å². The van der Waals surface area contributed by atoms with E-state index in [0.29, 0.717) is 10.9 Å². The monoisotopic (exact) mass is 475 g/mol. The molecule has 0 aliphatic carbocycles. The lowest BCUT2D eigenvalue weighted by atomic mass is 10.00. The summed E-state index contributed by atoms with van der Waals surface area (Å²) in [6, 6.07) is 5.17. The van der Waals surface area contributed by atoms with Crippen molar-refractivity contribution in [1.29, 1.82) is 0 Å². The van der Waals surface area contributed by atoms with E-state index in [2.05, 4.69) is 9.72 Å². The number of aryl methyl sites for hydroxylation is 1. The van der Waals surface area contributed by atoms with Crippen molar-refractivity contribution in [3.8, 4) is 5.75 Å². The van der Waals surface area contributed by atoms with E-state index in [4.69, 9.17) is 4.42 Å². The minimum Gasteiger partial charge on any atom is -0.484 e. The normalized spacial score (nSPS) is 12.2. The number of hydrogen-bond donors (Lipinski definition) is 2. The first-order valence-electron chi connectivity index (χ1n) is 9.01. The molecule has 172 valence electrons.